The number of methoxy groups -OCH3 is 1. The van der Waals surface area contributed by atoms with E-state index in [0.29, 0.717) is 12.4 Å². The highest BCUT2D eigenvalue weighted by Crippen LogP contribution is 2.40. The van der Waals surface area contributed by atoms with Gasteiger partial charge in [-0.15, -0.1) is 0 Å². The molecular formula is C16H16BrFO2. The average Bonchev–Trinajstić information content (AvgIpc) is 2.47. The highest BCUT2D eigenvalue weighted by molar-refractivity contribution is 9.09. The first-order valence-electron chi connectivity index (χ1n) is 6.36. The molecule has 2 nitrogen and oxygen atoms in total. The Labute approximate surface area is 126 Å². The molecule has 0 heterocycles. The van der Waals surface area contributed by atoms with Gasteiger partial charge in [-0.2, -0.15) is 0 Å². The molecule has 0 spiro atoms. The van der Waals surface area contributed by atoms with E-state index in [4.69, 9.17) is 9.47 Å². The molecule has 0 aromatic heterocycles. The van der Waals surface area contributed by atoms with Crippen molar-refractivity contribution in [3.63, 3.8) is 0 Å². The molecule has 0 saturated carbocycles. The molecule has 0 fully saturated rings. The summed E-state index contributed by atoms with van der Waals surface area (Å²) in [5, 5.41) is 0. The summed E-state index contributed by atoms with van der Waals surface area (Å²) in [5.74, 6) is 1.13. The molecule has 2 rings (SSSR count). The standard InChI is InChI=1S/C16H16BrFO2/c1-3-20-15-7-5-4-6-12(15)16(17)13-10-11(18)8-9-14(13)19-2/h4-10,16H,3H2,1-2H3. The summed E-state index contributed by atoms with van der Waals surface area (Å²) in [6.45, 7) is 2.51. The van der Waals surface area contributed by atoms with Crippen molar-refractivity contribution in [3.05, 3.63) is 59.4 Å². The van der Waals surface area contributed by atoms with Gasteiger partial charge in [-0.1, -0.05) is 34.1 Å². The highest BCUT2D eigenvalue weighted by atomic mass is 79.9. The van der Waals surface area contributed by atoms with Crippen LogP contribution < -0.4 is 9.47 Å². The van der Waals surface area contributed by atoms with Gasteiger partial charge in [-0.05, 0) is 31.2 Å². The zero-order valence-electron chi connectivity index (χ0n) is 11.4. The minimum atomic E-state index is -0.292. The fourth-order valence-electron chi connectivity index (χ4n) is 2.05. The second-order valence-corrected chi connectivity index (χ2v) is 5.14. The highest BCUT2D eigenvalue weighted by Gasteiger charge is 2.19. The van der Waals surface area contributed by atoms with E-state index in [1.54, 1.807) is 13.2 Å². The molecule has 0 amide bonds. The molecule has 0 N–H and O–H groups in total. The summed E-state index contributed by atoms with van der Waals surface area (Å²) in [4.78, 5) is -0.198. The number of para-hydroxylation sites is 1. The van der Waals surface area contributed by atoms with Gasteiger partial charge in [0, 0.05) is 11.1 Å². The Morgan fingerprint density at radius 1 is 1.10 bits per heavy atom. The summed E-state index contributed by atoms with van der Waals surface area (Å²) < 4.78 is 24.4. The maximum absolute atomic E-state index is 13.5. The van der Waals surface area contributed by atoms with E-state index >= 15 is 0 Å². The lowest BCUT2D eigenvalue weighted by atomic mass is 10.0. The van der Waals surface area contributed by atoms with Gasteiger partial charge >= 0.3 is 0 Å². The first-order valence-corrected chi connectivity index (χ1v) is 7.28. The van der Waals surface area contributed by atoms with Crippen molar-refractivity contribution in [2.45, 2.75) is 11.8 Å². The lowest BCUT2D eigenvalue weighted by molar-refractivity contribution is 0.337. The summed E-state index contributed by atoms with van der Waals surface area (Å²) in [6.07, 6.45) is 0. The van der Waals surface area contributed by atoms with E-state index in [0.717, 1.165) is 16.9 Å². The van der Waals surface area contributed by atoms with Crippen molar-refractivity contribution in [2.75, 3.05) is 13.7 Å². The van der Waals surface area contributed by atoms with Crippen LogP contribution in [0.5, 0.6) is 11.5 Å². The van der Waals surface area contributed by atoms with Crippen LogP contribution in [-0.2, 0) is 0 Å². The topological polar surface area (TPSA) is 18.5 Å². The van der Waals surface area contributed by atoms with Crippen LogP contribution in [0, 0.1) is 5.82 Å². The second kappa shape index (κ2) is 6.75. The number of alkyl halides is 1. The molecule has 20 heavy (non-hydrogen) atoms. The summed E-state index contributed by atoms with van der Waals surface area (Å²) in [7, 11) is 1.57. The van der Waals surface area contributed by atoms with Crippen molar-refractivity contribution < 1.29 is 13.9 Å². The molecule has 0 bridgehead atoms. The Kier molecular flexibility index (Phi) is 5.01. The Bertz CT molecular complexity index is 586. The second-order valence-electron chi connectivity index (χ2n) is 4.22. The molecule has 0 aliphatic carbocycles. The first-order chi connectivity index (χ1) is 9.67. The zero-order chi connectivity index (χ0) is 14.5. The Morgan fingerprint density at radius 3 is 2.55 bits per heavy atom. The maximum Gasteiger partial charge on any atom is 0.123 e. The van der Waals surface area contributed by atoms with Gasteiger partial charge in [-0.25, -0.2) is 4.39 Å². The number of rotatable bonds is 5. The molecule has 1 atom stereocenters. The van der Waals surface area contributed by atoms with Gasteiger partial charge in [0.1, 0.15) is 17.3 Å². The van der Waals surface area contributed by atoms with E-state index in [1.807, 2.05) is 31.2 Å². The van der Waals surface area contributed by atoms with Crippen LogP contribution in [0.3, 0.4) is 0 Å². The van der Waals surface area contributed by atoms with Crippen molar-refractivity contribution in [2.24, 2.45) is 0 Å². The van der Waals surface area contributed by atoms with Gasteiger partial charge in [-0.3, -0.25) is 0 Å². The maximum atomic E-state index is 13.5. The van der Waals surface area contributed by atoms with Crippen molar-refractivity contribution >= 4 is 15.9 Å². The Hall–Kier alpha value is -1.55. The molecule has 1 unspecified atom stereocenters. The Morgan fingerprint density at radius 2 is 1.85 bits per heavy atom. The molecule has 0 radical (unpaired) electrons. The largest absolute Gasteiger partial charge is 0.496 e. The molecule has 4 heteroatoms. The average molecular weight is 339 g/mol. The van der Waals surface area contributed by atoms with Crippen molar-refractivity contribution in [1.29, 1.82) is 0 Å². The summed E-state index contributed by atoms with van der Waals surface area (Å²) >= 11 is 3.61. The van der Waals surface area contributed by atoms with E-state index in [2.05, 4.69) is 15.9 Å². The molecule has 2 aromatic carbocycles. The molecule has 106 valence electrons. The summed E-state index contributed by atoms with van der Waals surface area (Å²) in [6, 6.07) is 12.2. The minimum absolute atomic E-state index is 0.198. The van der Waals surface area contributed by atoms with Crippen LogP contribution in [0.25, 0.3) is 0 Å². The molecule has 2 aromatic rings. The van der Waals surface area contributed by atoms with Crippen LogP contribution in [0.2, 0.25) is 0 Å². The number of hydrogen-bond donors (Lipinski definition) is 0. The van der Waals surface area contributed by atoms with Crippen molar-refractivity contribution in [1.82, 2.24) is 0 Å². The number of hydrogen-bond acceptors (Lipinski definition) is 2. The van der Waals surface area contributed by atoms with Gasteiger partial charge in [0.05, 0.1) is 18.5 Å². The normalized spacial score (nSPS) is 12.0. The van der Waals surface area contributed by atoms with Crippen molar-refractivity contribution in [3.8, 4) is 11.5 Å². The minimum Gasteiger partial charge on any atom is -0.496 e. The van der Waals surface area contributed by atoms with Crippen LogP contribution >= 0.6 is 15.9 Å². The summed E-state index contributed by atoms with van der Waals surface area (Å²) in [5.41, 5.74) is 1.68. The van der Waals surface area contributed by atoms with Gasteiger partial charge < -0.3 is 9.47 Å². The van der Waals surface area contributed by atoms with Gasteiger partial charge in [0.15, 0.2) is 0 Å². The van der Waals surface area contributed by atoms with Crippen LogP contribution in [0.15, 0.2) is 42.5 Å². The predicted octanol–water partition coefficient (Wildman–Crippen LogP) is 4.72. The molecule has 0 saturated heterocycles. The zero-order valence-corrected chi connectivity index (χ0v) is 13.0. The quantitative estimate of drug-likeness (QED) is 0.734. The third-order valence-corrected chi connectivity index (χ3v) is 3.94. The van der Waals surface area contributed by atoms with Crippen LogP contribution in [0.4, 0.5) is 4.39 Å². The number of ether oxygens (including phenoxy) is 2. The fraction of sp³-hybridized carbons (Fsp3) is 0.250. The molecule has 0 aliphatic heterocycles. The van der Waals surface area contributed by atoms with E-state index in [1.165, 1.54) is 12.1 Å². The number of benzene rings is 2. The van der Waals surface area contributed by atoms with Gasteiger partial charge in [0.25, 0.3) is 0 Å². The lowest BCUT2D eigenvalue weighted by Gasteiger charge is -2.18. The molecular weight excluding hydrogens is 323 g/mol. The molecule has 0 aliphatic rings. The SMILES string of the molecule is CCOc1ccccc1C(Br)c1cc(F)ccc1OC. The number of halogens is 2. The van der Waals surface area contributed by atoms with Gasteiger partial charge in [0.2, 0.25) is 0 Å². The first kappa shape index (κ1) is 14.9. The Balaban J connectivity index is 2.45. The third kappa shape index (κ3) is 3.12. The van der Waals surface area contributed by atoms with Crippen LogP contribution in [-0.4, -0.2) is 13.7 Å². The van der Waals surface area contributed by atoms with E-state index in [9.17, 15) is 4.39 Å². The van der Waals surface area contributed by atoms with Crippen LogP contribution in [0.1, 0.15) is 22.9 Å². The van der Waals surface area contributed by atoms with E-state index in [-0.39, 0.29) is 10.6 Å². The predicted molar refractivity (Wildman–Crippen MR) is 81.3 cm³/mol. The fourth-order valence-corrected chi connectivity index (χ4v) is 2.78. The smallest absolute Gasteiger partial charge is 0.123 e. The lowest BCUT2D eigenvalue weighted by Crippen LogP contribution is -2.02. The van der Waals surface area contributed by atoms with E-state index < -0.39 is 0 Å². The third-order valence-electron chi connectivity index (χ3n) is 2.96. The monoisotopic (exact) mass is 338 g/mol.